The molecular formula is C24H33F3. The van der Waals surface area contributed by atoms with E-state index in [1.54, 1.807) is 12.1 Å². The average molecular weight is 379 g/mol. The van der Waals surface area contributed by atoms with E-state index in [9.17, 15) is 13.2 Å². The summed E-state index contributed by atoms with van der Waals surface area (Å²) < 4.78 is 38.3. The summed E-state index contributed by atoms with van der Waals surface area (Å²) in [6.45, 7) is 2.27. The second-order valence-corrected chi connectivity index (χ2v) is 8.62. The number of benzene rings is 1. The number of alkyl halides is 3. The lowest BCUT2D eigenvalue weighted by molar-refractivity contribution is -0.137. The van der Waals surface area contributed by atoms with Gasteiger partial charge in [-0.1, -0.05) is 63.7 Å². The monoisotopic (exact) mass is 378 g/mol. The first-order chi connectivity index (χ1) is 13.0. The third kappa shape index (κ3) is 5.62. The summed E-state index contributed by atoms with van der Waals surface area (Å²) in [5, 5.41) is 0. The molecule has 0 amide bonds. The van der Waals surface area contributed by atoms with Crippen molar-refractivity contribution < 1.29 is 13.2 Å². The molecule has 0 nitrogen and oxygen atoms in total. The van der Waals surface area contributed by atoms with Crippen molar-refractivity contribution in [2.45, 2.75) is 83.7 Å². The highest BCUT2D eigenvalue weighted by Gasteiger charge is 2.31. The Hall–Kier alpha value is -1.25. The average Bonchev–Trinajstić information content (AvgIpc) is 2.68. The maximum atomic E-state index is 12.8. The van der Waals surface area contributed by atoms with Crippen LogP contribution in [-0.4, -0.2) is 0 Å². The molecule has 27 heavy (non-hydrogen) atoms. The third-order valence-corrected chi connectivity index (χ3v) is 6.77. The highest BCUT2D eigenvalue weighted by atomic mass is 19.4. The molecule has 0 aromatic heterocycles. The van der Waals surface area contributed by atoms with Gasteiger partial charge in [0.1, 0.15) is 0 Å². The number of hydrogen-bond acceptors (Lipinski definition) is 0. The molecule has 0 saturated heterocycles. The minimum absolute atomic E-state index is 0.555. The first-order valence-electron chi connectivity index (χ1n) is 10.8. The molecular weight excluding hydrogens is 345 g/mol. The minimum Gasteiger partial charge on any atom is -0.166 e. The summed E-state index contributed by atoms with van der Waals surface area (Å²) in [5.41, 5.74) is 1.67. The van der Waals surface area contributed by atoms with Crippen molar-refractivity contribution in [3.8, 4) is 0 Å². The van der Waals surface area contributed by atoms with E-state index in [1.165, 1.54) is 75.5 Å². The Bertz CT molecular complexity index is 604. The van der Waals surface area contributed by atoms with Gasteiger partial charge in [-0.05, 0) is 73.1 Å². The SMILES string of the molecule is CCCCCC1CCC(C2CCC=C(c3ccc(C(F)(F)F)cc3)C2)CC1. The molecule has 0 N–H and O–H groups in total. The van der Waals surface area contributed by atoms with Crippen LogP contribution in [0.3, 0.4) is 0 Å². The van der Waals surface area contributed by atoms with Gasteiger partial charge in [0.25, 0.3) is 0 Å². The van der Waals surface area contributed by atoms with E-state index < -0.39 is 11.7 Å². The number of allylic oxidation sites excluding steroid dienone is 2. The van der Waals surface area contributed by atoms with Crippen LogP contribution >= 0.6 is 0 Å². The summed E-state index contributed by atoms with van der Waals surface area (Å²) >= 11 is 0. The van der Waals surface area contributed by atoms with Crippen LogP contribution in [-0.2, 0) is 6.18 Å². The van der Waals surface area contributed by atoms with E-state index in [-0.39, 0.29) is 0 Å². The van der Waals surface area contributed by atoms with Crippen molar-refractivity contribution in [2.75, 3.05) is 0 Å². The molecule has 3 rings (SSSR count). The molecule has 3 heteroatoms. The molecule has 1 fully saturated rings. The third-order valence-electron chi connectivity index (χ3n) is 6.77. The topological polar surface area (TPSA) is 0 Å². The van der Waals surface area contributed by atoms with E-state index in [0.29, 0.717) is 5.92 Å². The summed E-state index contributed by atoms with van der Waals surface area (Å²) in [6.07, 6.45) is 12.3. The van der Waals surface area contributed by atoms with Crippen molar-refractivity contribution >= 4 is 5.57 Å². The highest BCUT2D eigenvalue weighted by Crippen LogP contribution is 2.43. The maximum absolute atomic E-state index is 12.8. The molecule has 0 aliphatic heterocycles. The van der Waals surface area contributed by atoms with Crippen LogP contribution in [0.2, 0.25) is 0 Å². The van der Waals surface area contributed by atoms with E-state index in [0.717, 1.165) is 30.2 Å². The highest BCUT2D eigenvalue weighted by molar-refractivity contribution is 5.66. The zero-order valence-electron chi connectivity index (χ0n) is 16.5. The Morgan fingerprint density at radius 3 is 2.22 bits per heavy atom. The van der Waals surface area contributed by atoms with Gasteiger partial charge in [-0.25, -0.2) is 0 Å². The normalized spacial score (nSPS) is 26.7. The molecule has 2 aliphatic rings. The van der Waals surface area contributed by atoms with Gasteiger partial charge in [0.2, 0.25) is 0 Å². The fourth-order valence-corrected chi connectivity index (χ4v) is 5.08. The molecule has 0 radical (unpaired) electrons. The van der Waals surface area contributed by atoms with Crippen LogP contribution in [0.15, 0.2) is 30.3 Å². The predicted octanol–water partition coefficient (Wildman–Crippen LogP) is 8.28. The Balaban J connectivity index is 1.53. The Morgan fingerprint density at radius 1 is 0.889 bits per heavy atom. The first-order valence-corrected chi connectivity index (χ1v) is 10.8. The van der Waals surface area contributed by atoms with Crippen LogP contribution in [0.5, 0.6) is 0 Å². The molecule has 2 aliphatic carbocycles. The lowest BCUT2D eigenvalue weighted by Crippen LogP contribution is -2.23. The van der Waals surface area contributed by atoms with Crippen molar-refractivity contribution in [2.24, 2.45) is 17.8 Å². The van der Waals surface area contributed by atoms with Crippen LogP contribution in [0.25, 0.3) is 5.57 Å². The Kier molecular flexibility index (Phi) is 7.05. The molecule has 1 atom stereocenters. The van der Waals surface area contributed by atoms with Gasteiger partial charge >= 0.3 is 6.18 Å². The van der Waals surface area contributed by atoms with Crippen molar-refractivity contribution in [3.05, 3.63) is 41.5 Å². The summed E-state index contributed by atoms with van der Waals surface area (Å²) in [5.74, 6) is 2.45. The summed E-state index contributed by atoms with van der Waals surface area (Å²) in [6, 6.07) is 5.76. The Morgan fingerprint density at radius 2 is 1.59 bits per heavy atom. The van der Waals surface area contributed by atoms with Crippen LogP contribution in [0, 0.1) is 17.8 Å². The van der Waals surface area contributed by atoms with Crippen molar-refractivity contribution in [3.63, 3.8) is 0 Å². The predicted molar refractivity (Wildman–Crippen MR) is 106 cm³/mol. The van der Waals surface area contributed by atoms with Crippen LogP contribution in [0.4, 0.5) is 13.2 Å². The minimum atomic E-state index is -4.25. The standard InChI is InChI=1S/C24H33F3/c1-2-3-4-6-18-9-11-19(12-10-18)21-7-5-8-22(17-21)20-13-15-23(16-14-20)24(25,26)27/h8,13-16,18-19,21H,2-7,9-12,17H2,1H3. The summed E-state index contributed by atoms with van der Waals surface area (Å²) in [4.78, 5) is 0. The number of unbranched alkanes of at least 4 members (excludes halogenated alkanes) is 2. The number of rotatable bonds is 6. The van der Waals surface area contributed by atoms with Crippen molar-refractivity contribution in [1.29, 1.82) is 0 Å². The second-order valence-electron chi connectivity index (χ2n) is 8.62. The second kappa shape index (κ2) is 9.30. The van der Waals surface area contributed by atoms with Gasteiger partial charge in [0.15, 0.2) is 0 Å². The van der Waals surface area contributed by atoms with E-state index in [4.69, 9.17) is 0 Å². The van der Waals surface area contributed by atoms with Crippen LogP contribution in [0.1, 0.15) is 88.7 Å². The smallest absolute Gasteiger partial charge is 0.166 e. The van der Waals surface area contributed by atoms with Gasteiger partial charge in [-0.3, -0.25) is 0 Å². The molecule has 1 unspecified atom stereocenters. The zero-order valence-corrected chi connectivity index (χ0v) is 16.5. The van der Waals surface area contributed by atoms with Gasteiger partial charge < -0.3 is 0 Å². The van der Waals surface area contributed by atoms with Gasteiger partial charge in [0, 0.05) is 0 Å². The number of hydrogen-bond donors (Lipinski definition) is 0. The van der Waals surface area contributed by atoms with Crippen molar-refractivity contribution in [1.82, 2.24) is 0 Å². The van der Waals surface area contributed by atoms with Gasteiger partial charge in [-0.15, -0.1) is 0 Å². The fraction of sp³-hybridized carbons (Fsp3) is 0.667. The Labute approximate surface area is 162 Å². The first kappa shape index (κ1) is 20.5. The molecule has 150 valence electrons. The fourth-order valence-electron chi connectivity index (χ4n) is 5.08. The molecule has 0 bridgehead atoms. The lowest BCUT2D eigenvalue weighted by atomic mass is 9.69. The molecule has 0 heterocycles. The maximum Gasteiger partial charge on any atom is 0.416 e. The van der Waals surface area contributed by atoms with E-state index in [1.807, 2.05) is 0 Å². The largest absolute Gasteiger partial charge is 0.416 e. The number of halogens is 3. The quantitative estimate of drug-likeness (QED) is 0.437. The molecule has 1 saturated carbocycles. The molecule has 1 aromatic carbocycles. The molecule has 0 spiro atoms. The molecule has 1 aromatic rings. The van der Waals surface area contributed by atoms with E-state index >= 15 is 0 Å². The van der Waals surface area contributed by atoms with Crippen LogP contribution < -0.4 is 0 Å². The summed E-state index contributed by atoms with van der Waals surface area (Å²) in [7, 11) is 0. The lowest BCUT2D eigenvalue weighted by Gasteiger charge is -2.36. The zero-order chi connectivity index (χ0) is 19.3. The van der Waals surface area contributed by atoms with Gasteiger partial charge in [0.05, 0.1) is 5.56 Å². The van der Waals surface area contributed by atoms with Gasteiger partial charge in [-0.2, -0.15) is 13.2 Å². The van der Waals surface area contributed by atoms with E-state index in [2.05, 4.69) is 13.0 Å².